The van der Waals surface area contributed by atoms with Gasteiger partial charge in [0.15, 0.2) is 0 Å². The van der Waals surface area contributed by atoms with Crippen LogP contribution in [-0.2, 0) is 6.42 Å². The average Bonchev–Trinajstić information content (AvgIpc) is 2.48. The fourth-order valence-electron chi connectivity index (χ4n) is 3.30. The zero-order chi connectivity index (χ0) is 13.1. The van der Waals surface area contributed by atoms with E-state index in [0.717, 1.165) is 18.5 Å². The molecule has 3 heteroatoms. The number of fused-ring (bicyclic) bond motifs is 1. The van der Waals surface area contributed by atoms with E-state index in [2.05, 4.69) is 17.3 Å². The monoisotopic (exact) mass is 256 g/mol. The third-order valence-corrected chi connectivity index (χ3v) is 4.27. The number of hydrogen-bond donors (Lipinski definition) is 1. The van der Waals surface area contributed by atoms with Crippen LogP contribution in [0.2, 0.25) is 0 Å². The van der Waals surface area contributed by atoms with Crippen molar-refractivity contribution in [2.24, 2.45) is 16.1 Å². The molecular formula is C16H20N2O. The minimum Gasteiger partial charge on any atom is -0.411 e. The third kappa shape index (κ3) is 2.55. The molecule has 19 heavy (non-hydrogen) atoms. The summed E-state index contributed by atoms with van der Waals surface area (Å²) < 4.78 is 0. The Hall–Kier alpha value is -1.64. The summed E-state index contributed by atoms with van der Waals surface area (Å²) >= 11 is 0. The molecule has 0 amide bonds. The van der Waals surface area contributed by atoms with E-state index >= 15 is 0 Å². The van der Waals surface area contributed by atoms with Crippen molar-refractivity contribution in [1.29, 1.82) is 0 Å². The van der Waals surface area contributed by atoms with E-state index in [4.69, 9.17) is 10.2 Å². The molecule has 0 radical (unpaired) electrons. The van der Waals surface area contributed by atoms with Gasteiger partial charge in [-0.15, -0.1) is 0 Å². The van der Waals surface area contributed by atoms with Crippen molar-refractivity contribution in [1.82, 2.24) is 0 Å². The van der Waals surface area contributed by atoms with E-state index in [1.54, 1.807) is 0 Å². The van der Waals surface area contributed by atoms with Crippen molar-refractivity contribution in [3.05, 3.63) is 34.9 Å². The van der Waals surface area contributed by atoms with Gasteiger partial charge in [0, 0.05) is 18.2 Å². The number of benzene rings is 1. The second-order valence-corrected chi connectivity index (χ2v) is 5.51. The first-order valence-electron chi connectivity index (χ1n) is 7.23. The number of oxime groups is 1. The maximum Gasteiger partial charge on any atom is 0.0734 e. The Bertz CT molecular complexity index is 513. The van der Waals surface area contributed by atoms with E-state index in [9.17, 15) is 0 Å². The third-order valence-electron chi connectivity index (χ3n) is 4.27. The lowest BCUT2D eigenvalue weighted by Gasteiger charge is -2.27. The second kappa shape index (κ2) is 5.55. The van der Waals surface area contributed by atoms with Crippen LogP contribution in [0.1, 0.15) is 48.8 Å². The summed E-state index contributed by atoms with van der Waals surface area (Å²) in [5, 5.41) is 11.8. The van der Waals surface area contributed by atoms with Crippen LogP contribution >= 0.6 is 0 Å². The van der Waals surface area contributed by atoms with Crippen molar-refractivity contribution in [2.75, 3.05) is 6.54 Å². The van der Waals surface area contributed by atoms with Crippen LogP contribution in [0.15, 0.2) is 28.3 Å². The van der Waals surface area contributed by atoms with Crippen LogP contribution in [-0.4, -0.2) is 23.7 Å². The van der Waals surface area contributed by atoms with Gasteiger partial charge in [-0.3, -0.25) is 4.99 Å². The summed E-state index contributed by atoms with van der Waals surface area (Å²) in [7, 11) is 0. The Labute approximate surface area is 114 Å². The number of hydrogen-bond acceptors (Lipinski definition) is 3. The molecule has 0 saturated heterocycles. The molecule has 100 valence electrons. The zero-order valence-electron chi connectivity index (χ0n) is 11.2. The first-order valence-corrected chi connectivity index (χ1v) is 7.23. The maximum atomic E-state index is 8.68. The second-order valence-electron chi connectivity index (χ2n) is 5.51. The van der Waals surface area contributed by atoms with Gasteiger partial charge < -0.3 is 5.21 Å². The lowest BCUT2D eigenvalue weighted by molar-refractivity contribution is 0.322. The fourth-order valence-corrected chi connectivity index (χ4v) is 3.30. The summed E-state index contributed by atoms with van der Waals surface area (Å²) in [5.74, 6) is 0.633. The van der Waals surface area contributed by atoms with Crippen LogP contribution in [0, 0.1) is 5.92 Å². The van der Waals surface area contributed by atoms with Gasteiger partial charge in [0.05, 0.1) is 6.21 Å². The number of aliphatic imine (C=N–C) groups is 1. The summed E-state index contributed by atoms with van der Waals surface area (Å²) in [5.41, 5.74) is 4.93. The van der Waals surface area contributed by atoms with Crippen molar-refractivity contribution in [3.63, 3.8) is 0 Å². The molecular weight excluding hydrogens is 236 g/mol. The molecule has 0 atom stereocenters. The molecule has 0 unspecified atom stereocenters. The van der Waals surface area contributed by atoms with Crippen LogP contribution in [0.5, 0.6) is 0 Å². The number of nitrogens with zero attached hydrogens (tertiary/aromatic N) is 2. The Kier molecular flexibility index (Phi) is 3.62. The first kappa shape index (κ1) is 12.4. The average molecular weight is 256 g/mol. The Morgan fingerprint density at radius 2 is 2.05 bits per heavy atom. The zero-order valence-corrected chi connectivity index (χ0v) is 11.2. The smallest absolute Gasteiger partial charge is 0.0734 e. The summed E-state index contributed by atoms with van der Waals surface area (Å²) in [6.07, 6.45) is 9.10. The van der Waals surface area contributed by atoms with E-state index in [1.165, 1.54) is 55.2 Å². The van der Waals surface area contributed by atoms with Crippen molar-refractivity contribution >= 4 is 11.9 Å². The van der Waals surface area contributed by atoms with Gasteiger partial charge in [0.2, 0.25) is 0 Å². The van der Waals surface area contributed by atoms with Crippen molar-refractivity contribution in [3.8, 4) is 0 Å². The Morgan fingerprint density at radius 1 is 1.21 bits per heavy atom. The SMILES string of the molecule is ON=Cc1ccc2c(c1)C(C1CCCCC1)=NCC2. The summed E-state index contributed by atoms with van der Waals surface area (Å²) in [6.45, 7) is 0.923. The van der Waals surface area contributed by atoms with E-state index < -0.39 is 0 Å². The van der Waals surface area contributed by atoms with Crippen molar-refractivity contribution in [2.45, 2.75) is 38.5 Å². The van der Waals surface area contributed by atoms with Crippen LogP contribution in [0.4, 0.5) is 0 Å². The van der Waals surface area contributed by atoms with Gasteiger partial charge in [-0.1, -0.05) is 36.6 Å². The van der Waals surface area contributed by atoms with Gasteiger partial charge in [-0.2, -0.15) is 0 Å². The molecule has 1 aromatic carbocycles. The highest BCUT2D eigenvalue weighted by molar-refractivity contribution is 6.05. The molecule has 1 N–H and O–H groups in total. The van der Waals surface area contributed by atoms with E-state index in [1.807, 2.05) is 6.07 Å². The molecule has 1 aliphatic carbocycles. The van der Waals surface area contributed by atoms with Gasteiger partial charge in [0.25, 0.3) is 0 Å². The van der Waals surface area contributed by atoms with E-state index in [-0.39, 0.29) is 0 Å². The highest BCUT2D eigenvalue weighted by Crippen LogP contribution is 2.30. The first-order chi connectivity index (χ1) is 9.38. The molecule has 1 heterocycles. The standard InChI is InChI=1S/C16H20N2O/c19-18-11-12-6-7-13-8-9-17-16(15(13)10-12)14-4-2-1-3-5-14/h6-7,10-11,14,19H,1-5,8-9H2. The molecule has 3 nitrogen and oxygen atoms in total. The Morgan fingerprint density at radius 3 is 2.84 bits per heavy atom. The van der Waals surface area contributed by atoms with Crippen LogP contribution < -0.4 is 0 Å². The Balaban J connectivity index is 1.95. The molecule has 1 aromatic rings. The van der Waals surface area contributed by atoms with Gasteiger partial charge in [0.1, 0.15) is 0 Å². The van der Waals surface area contributed by atoms with Crippen LogP contribution in [0.3, 0.4) is 0 Å². The summed E-state index contributed by atoms with van der Waals surface area (Å²) in [4.78, 5) is 4.81. The topological polar surface area (TPSA) is 45.0 Å². The lowest BCUT2D eigenvalue weighted by atomic mass is 9.80. The predicted octanol–water partition coefficient (Wildman–Crippen LogP) is 3.42. The van der Waals surface area contributed by atoms with E-state index in [0.29, 0.717) is 5.92 Å². The summed E-state index contributed by atoms with van der Waals surface area (Å²) in [6, 6.07) is 6.30. The molecule has 1 aliphatic heterocycles. The van der Waals surface area contributed by atoms with Crippen molar-refractivity contribution < 1.29 is 5.21 Å². The number of rotatable bonds is 2. The maximum absolute atomic E-state index is 8.68. The van der Waals surface area contributed by atoms with Crippen LogP contribution in [0.25, 0.3) is 0 Å². The predicted molar refractivity (Wildman–Crippen MR) is 77.5 cm³/mol. The molecule has 1 fully saturated rings. The van der Waals surface area contributed by atoms with Gasteiger partial charge in [-0.05, 0) is 42.0 Å². The molecule has 0 spiro atoms. The highest BCUT2D eigenvalue weighted by atomic mass is 16.4. The highest BCUT2D eigenvalue weighted by Gasteiger charge is 2.24. The molecule has 3 rings (SSSR count). The van der Waals surface area contributed by atoms with Gasteiger partial charge in [-0.25, -0.2) is 0 Å². The fraction of sp³-hybridized carbons (Fsp3) is 0.500. The molecule has 0 bridgehead atoms. The minimum atomic E-state index is 0.633. The lowest BCUT2D eigenvalue weighted by Crippen LogP contribution is -2.24. The molecule has 2 aliphatic rings. The molecule has 1 saturated carbocycles. The van der Waals surface area contributed by atoms with Gasteiger partial charge >= 0.3 is 0 Å². The molecule has 0 aromatic heterocycles. The quantitative estimate of drug-likeness (QED) is 0.492. The minimum absolute atomic E-state index is 0.633. The normalized spacial score (nSPS) is 20.3. The largest absolute Gasteiger partial charge is 0.411 e.